The second-order valence-electron chi connectivity index (χ2n) is 18.0. The lowest BCUT2D eigenvalue weighted by atomic mass is 9.81. The minimum absolute atomic E-state index is 1.00. The summed E-state index contributed by atoms with van der Waals surface area (Å²) in [5, 5.41) is 319. The van der Waals surface area contributed by atoms with Gasteiger partial charge >= 0.3 is 0 Å². The molecule has 1 aliphatic rings. The Bertz CT molecular complexity index is 4630. The van der Waals surface area contributed by atoms with Gasteiger partial charge in [0.05, 0.1) is 43.8 Å². The Morgan fingerprint density at radius 1 is 0.188 bits per heavy atom. The molecule has 1 heterocycles. The Labute approximate surface area is 434 Å². The number of hydrogen-bond donors (Lipinski definition) is 30. The number of rotatable bonds is 3. The molecule has 80 heavy (non-hydrogen) atoms. The highest BCUT2D eigenvalue weighted by Crippen LogP contribution is 2.72. The first kappa shape index (κ1) is 50.1. The minimum atomic E-state index is -3.60. The third kappa shape index (κ3) is 5.34. The van der Waals surface area contributed by atoms with Crippen molar-refractivity contribution in [2.75, 3.05) is 0 Å². The fourth-order valence-electron chi connectivity index (χ4n) is 10.6. The molecule has 1 aliphatic carbocycles. The van der Waals surface area contributed by atoms with Crippen LogP contribution in [0.3, 0.4) is 0 Å². The molecule has 9 aromatic carbocycles. The Hall–Kier alpha value is -12.1. The summed E-state index contributed by atoms with van der Waals surface area (Å²) in [5.41, 5.74) is -14.0. The summed E-state index contributed by atoms with van der Waals surface area (Å²) in [6.45, 7) is 0. The van der Waals surface area contributed by atoms with Crippen molar-refractivity contribution in [1.29, 1.82) is 0 Å². The molecule has 0 saturated carbocycles. The van der Waals surface area contributed by atoms with Crippen LogP contribution >= 0.6 is 0 Å². The van der Waals surface area contributed by atoms with Gasteiger partial charge in [-0.25, -0.2) is 0 Å². The molecule has 1 aromatic heterocycles. The molecule has 0 amide bonds. The van der Waals surface area contributed by atoms with Gasteiger partial charge < -0.3 is 153 Å². The largest absolute Gasteiger partial charge is 0.506 e. The second kappa shape index (κ2) is 15.0. The molecule has 0 saturated heterocycles. The molecule has 31 N–H and O–H groups in total. The fourth-order valence-corrected chi connectivity index (χ4v) is 10.6. The van der Waals surface area contributed by atoms with Crippen LogP contribution in [0, 0.1) is 0 Å². The third-order valence-electron chi connectivity index (χ3n) is 14.1. The van der Waals surface area contributed by atoms with Crippen molar-refractivity contribution in [3.63, 3.8) is 0 Å². The molecule has 31 nitrogen and oxygen atoms in total. The molecule has 1 atom stereocenters. The van der Waals surface area contributed by atoms with E-state index in [1.165, 1.54) is 0 Å². The molecule has 11 rings (SSSR count). The van der Waals surface area contributed by atoms with Gasteiger partial charge in [0, 0.05) is 54.9 Å². The molecule has 31 heteroatoms. The van der Waals surface area contributed by atoms with Crippen LogP contribution in [0.2, 0.25) is 0 Å². The van der Waals surface area contributed by atoms with Crippen LogP contribution < -0.4 is 5.73 Å². The van der Waals surface area contributed by atoms with Crippen molar-refractivity contribution >= 4 is 54.3 Å². The van der Waals surface area contributed by atoms with Crippen molar-refractivity contribution in [3.05, 3.63) is 11.1 Å². The third-order valence-corrected chi connectivity index (χ3v) is 14.1. The Balaban J connectivity index is 1.38. The summed E-state index contributed by atoms with van der Waals surface area (Å²) in [5.74, 6) is -47.7. The van der Waals surface area contributed by atoms with Crippen LogP contribution in [0.4, 0.5) is 0 Å². The number of aromatic hydroxyl groups is 28. The first-order chi connectivity index (χ1) is 37.2. The Morgan fingerprint density at radius 3 is 0.850 bits per heavy atom. The number of hydrogen-bond acceptors (Lipinski definition) is 31. The van der Waals surface area contributed by atoms with E-state index in [0.717, 1.165) is 0 Å². The predicted octanol–water partition coefficient (Wildman–Crippen LogP) is 3.94. The number of benzene rings is 9. The molecular weight excluding hydrogens is 1080 g/mol. The first-order valence-corrected chi connectivity index (χ1v) is 21.7. The number of nitrogens with two attached hydrogens (primary N) is 1. The van der Waals surface area contributed by atoms with E-state index in [0.29, 0.717) is 0 Å². The highest BCUT2D eigenvalue weighted by molar-refractivity contribution is 6.33. The molecule has 412 valence electrons. The van der Waals surface area contributed by atoms with E-state index in [2.05, 4.69) is 0 Å². The number of phenols is 28. The lowest BCUT2D eigenvalue weighted by Crippen LogP contribution is -2.36. The van der Waals surface area contributed by atoms with Gasteiger partial charge in [0.1, 0.15) is 11.5 Å². The monoisotopic (exact) mass is 1110 g/mol. The number of furan rings is 1. The molecule has 10 aromatic rings. The van der Waals surface area contributed by atoms with Gasteiger partial charge in [0.25, 0.3) is 0 Å². The van der Waals surface area contributed by atoms with E-state index in [4.69, 9.17) is 10.2 Å². The minimum Gasteiger partial charge on any atom is -0.506 e. The summed E-state index contributed by atoms with van der Waals surface area (Å²) < 4.78 is 5.57. The van der Waals surface area contributed by atoms with Crippen molar-refractivity contribution in [1.82, 2.24) is 0 Å². The second-order valence-corrected chi connectivity index (χ2v) is 18.0. The highest BCUT2D eigenvalue weighted by atomic mass is 16.4. The summed E-state index contributed by atoms with van der Waals surface area (Å²) in [6, 6.07) is 0. The van der Waals surface area contributed by atoms with Gasteiger partial charge in [0.15, 0.2) is 103 Å². The maximum absolute atomic E-state index is 12.5. The van der Waals surface area contributed by atoms with Crippen LogP contribution in [0.15, 0.2) is 4.42 Å². The van der Waals surface area contributed by atoms with E-state index in [9.17, 15) is 148 Å². The van der Waals surface area contributed by atoms with Gasteiger partial charge in [-0.2, -0.15) is 0 Å². The summed E-state index contributed by atoms with van der Waals surface area (Å²) in [7, 11) is 0. The highest BCUT2D eigenvalue weighted by Gasteiger charge is 2.51. The van der Waals surface area contributed by atoms with Gasteiger partial charge in [-0.15, -0.1) is 0 Å². The Morgan fingerprint density at radius 2 is 0.425 bits per heavy atom. The Kier molecular flexibility index (Phi) is 9.42. The molecule has 0 aliphatic heterocycles. The van der Waals surface area contributed by atoms with Crippen molar-refractivity contribution in [2.45, 2.75) is 5.72 Å². The summed E-state index contributed by atoms with van der Waals surface area (Å²) >= 11 is 0. The van der Waals surface area contributed by atoms with Crippen molar-refractivity contribution in [2.24, 2.45) is 5.73 Å². The molecule has 0 fully saturated rings. The number of fused-ring (bicyclic) bond motifs is 10. The first-order valence-electron chi connectivity index (χ1n) is 21.7. The maximum Gasteiger partial charge on any atom is 0.205 e. The van der Waals surface area contributed by atoms with Crippen LogP contribution in [0.5, 0.6) is 161 Å². The zero-order valence-electron chi connectivity index (χ0n) is 38.5. The van der Waals surface area contributed by atoms with E-state index < -0.39 is 277 Å². The predicted molar refractivity (Wildman–Crippen MR) is 262 cm³/mol. The van der Waals surface area contributed by atoms with E-state index in [1.807, 2.05) is 0 Å². The average molecular weight is 1110 g/mol. The molecular formula is C49H31NO30. The summed E-state index contributed by atoms with van der Waals surface area (Å²) in [4.78, 5) is 0. The zero-order chi connectivity index (χ0) is 58.9. The van der Waals surface area contributed by atoms with Crippen molar-refractivity contribution in [3.8, 4) is 205 Å². The van der Waals surface area contributed by atoms with Gasteiger partial charge in [0.2, 0.25) is 63.2 Å². The summed E-state index contributed by atoms with van der Waals surface area (Å²) in [6.07, 6.45) is 0. The van der Waals surface area contributed by atoms with Gasteiger partial charge in [-0.05, 0) is 0 Å². The fraction of sp³-hybridized carbons (Fsp3) is 0.0204. The van der Waals surface area contributed by atoms with Gasteiger partial charge in [-0.1, -0.05) is 0 Å². The molecule has 0 bridgehead atoms. The van der Waals surface area contributed by atoms with Crippen LogP contribution in [0.25, 0.3) is 98.8 Å². The lowest BCUT2D eigenvalue weighted by Gasteiger charge is -2.27. The normalized spacial score (nSPS) is 14.1. The van der Waals surface area contributed by atoms with Crippen molar-refractivity contribution < 1.29 is 153 Å². The average Bonchev–Trinajstić information content (AvgIpc) is 4.08. The van der Waals surface area contributed by atoms with Gasteiger partial charge in [-0.3, -0.25) is 5.73 Å². The van der Waals surface area contributed by atoms with E-state index >= 15 is 0 Å². The SMILES string of the molecule is NC1(O)c2c(O)c(O)c(O)c(O)c2-c2c(O)c(O)c(O)c(-c3c(O)c(O)c(O)c(-c4c5c(O)c(O)c(O)c(O)c5c(-c5c(O)c(O)c6oc7c8c(O)c(O)c(O)c(O)c8c(O)c(O)c7c6c5O)c5c(O)c(O)c(O)c(O)c45)c3O)c21. The molecule has 0 radical (unpaired) electrons. The van der Waals surface area contributed by atoms with Crippen LogP contribution in [-0.4, -0.2) is 148 Å². The zero-order valence-corrected chi connectivity index (χ0v) is 38.5. The molecule has 0 spiro atoms. The smallest absolute Gasteiger partial charge is 0.205 e. The molecule has 1 unspecified atom stereocenters. The van der Waals surface area contributed by atoms with E-state index in [1.54, 1.807) is 0 Å². The lowest BCUT2D eigenvalue weighted by molar-refractivity contribution is 0.0899. The maximum atomic E-state index is 12.5. The van der Waals surface area contributed by atoms with Crippen LogP contribution in [0.1, 0.15) is 11.1 Å². The number of phenolic OH excluding ortho intramolecular Hbond substituents is 28. The van der Waals surface area contributed by atoms with E-state index in [-0.39, 0.29) is 0 Å². The topological polar surface area (TPSA) is 626 Å². The number of aliphatic hydroxyl groups is 1. The standard InChI is InChI=1S/C49H31NO30/c50-49(79)17-7(8-18(49)35(67)45(77)42(74)26(8)58)25(57)36(68)27(59)9(17)12-19(51)10(29(61)37(69)30(12)62)1-3-5(23(55)40(72)38(70)21(3)53)2(6-4(1)22(54)39(71)41(73)24(6)56)11-20(52)15-16-33(65)28(60)13-14(34(66)44(76)43(75)31(13)63)47(16)80-48(15)46(78)32(11)64/h51-79H,50H2. The quantitative estimate of drug-likeness (QED) is 0.0515. The van der Waals surface area contributed by atoms with Crippen LogP contribution in [-0.2, 0) is 5.72 Å².